The number of phenols is 1. The number of esters is 1. The molecule has 2 aromatic rings. The number of phenolic OH excluding ortho intramolecular Hbond substituents is 1. The van der Waals surface area contributed by atoms with E-state index in [0.29, 0.717) is 5.75 Å². The van der Waals surface area contributed by atoms with Crippen LogP contribution in [0, 0.1) is 5.82 Å². The molecular formula is C17H15FO5. The lowest BCUT2D eigenvalue weighted by atomic mass is 10.00. The Labute approximate surface area is 132 Å². The first-order chi connectivity index (χ1) is 10.9. The Morgan fingerprint density at radius 3 is 2.35 bits per heavy atom. The van der Waals surface area contributed by atoms with Crippen molar-refractivity contribution < 1.29 is 28.6 Å². The van der Waals surface area contributed by atoms with Crippen molar-refractivity contribution >= 4 is 11.8 Å². The fraction of sp³-hybridized carbons (Fsp3) is 0.176. The normalized spacial score (nSPS) is 10.2. The zero-order valence-corrected chi connectivity index (χ0v) is 12.6. The average molecular weight is 318 g/mol. The van der Waals surface area contributed by atoms with Gasteiger partial charge in [0.2, 0.25) is 0 Å². The zero-order chi connectivity index (χ0) is 17.0. The molecule has 0 spiro atoms. The maximum Gasteiger partial charge on any atom is 0.302 e. The minimum Gasteiger partial charge on any atom is -0.507 e. The van der Waals surface area contributed by atoms with Crippen LogP contribution in [0.4, 0.5) is 4.39 Å². The maximum atomic E-state index is 14.2. The van der Waals surface area contributed by atoms with Gasteiger partial charge in [-0.2, -0.15) is 0 Å². The van der Waals surface area contributed by atoms with Gasteiger partial charge in [0.1, 0.15) is 23.9 Å². The van der Waals surface area contributed by atoms with Crippen LogP contribution in [-0.2, 0) is 16.1 Å². The number of halogens is 1. The van der Waals surface area contributed by atoms with Crippen molar-refractivity contribution in [2.45, 2.75) is 13.5 Å². The van der Waals surface area contributed by atoms with Gasteiger partial charge in [0.25, 0.3) is 0 Å². The third-order valence-corrected chi connectivity index (χ3v) is 3.15. The number of hydrogen-bond donors (Lipinski definition) is 1. The molecule has 0 heterocycles. The van der Waals surface area contributed by atoms with E-state index < -0.39 is 28.9 Å². The van der Waals surface area contributed by atoms with Crippen LogP contribution in [0.1, 0.15) is 28.4 Å². The molecule has 2 aromatic carbocycles. The largest absolute Gasteiger partial charge is 0.507 e. The molecule has 6 heteroatoms. The number of aromatic hydroxyl groups is 1. The number of ether oxygens (including phenoxy) is 2. The molecule has 0 radical (unpaired) electrons. The molecule has 1 N–H and O–H groups in total. The zero-order valence-electron chi connectivity index (χ0n) is 12.6. The second-order valence-electron chi connectivity index (χ2n) is 4.81. The third-order valence-electron chi connectivity index (χ3n) is 3.15. The van der Waals surface area contributed by atoms with Gasteiger partial charge in [-0.1, -0.05) is 0 Å². The molecule has 2 rings (SSSR count). The van der Waals surface area contributed by atoms with Crippen LogP contribution in [-0.4, -0.2) is 24.0 Å². The van der Waals surface area contributed by atoms with Crippen LogP contribution in [0.15, 0.2) is 36.4 Å². The lowest BCUT2D eigenvalue weighted by Gasteiger charge is -2.09. The molecule has 0 amide bonds. The van der Waals surface area contributed by atoms with Gasteiger partial charge >= 0.3 is 5.97 Å². The van der Waals surface area contributed by atoms with E-state index in [0.717, 1.165) is 6.07 Å². The van der Waals surface area contributed by atoms with Gasteiger partial charge in [-0.15, -0.1) is 0 Å². The summed E-state index contributed by atoms with van der Waals surface area (Å²) in [5, 5.41) is 9.94. The van der Waals surface area contributed by atoms with Crippen LogP contribution in [0.2, 0.25) is 0 Å². The Hall–Kier alpha value is -2.89. The van der Waals surface area contributed by atoms with Gasteiger partial charge in [-0.05, 0) is 42.0 Å². The van der Waals surface area contributed by atoms with Crippen LogP contribution >= 0.6 is 0 Å². The molecule has 0 saturated carbocycles. The lowest BCUT2D eigenvalue weighted by Crippen LogP contribution is -2.07. The standard InChI is InChI=1S/C17H15FO5/c1-10(19)23-9-11-7-14(18)16(15(20)8-11)17(21)12-3-5-13(22-2)6-4-12/h3-8,20H,9H2,1-2H3. The third kappa shape index (κ3) is 3.85. The van der Waals surface area contributed by atoms with Gasteiger partial charge in [-0.3, -0.25) is 9.59 Å². The highest BCUT2D eigenvalue weighted by Crippen LogP contribution is 2.26. The van der Waals surface area contributed by atoms with E-state index in [9.17, 15) is 19.1 Å². The second kappa shape index (κ2) is 6.91. The van der Waals surface area contributed by atoms with E-state index in [1.54, 1.807) is 12.1 Å². The molecule has 0 atom stereocenters. The Morgan fingerprint density at radius 2 is 1.83 bits per heavy atom. The molecule has 120 valence electrons. The van der Waals surface area contributed by atoms with E-state index in [1.165, 1.54) is 32.2 Å². The van der Waals surface area contributed by atoms with Crippen LogP contribution in [0.3, 0.4) is 0 Å². The molecule has 0 saturated heterocycles. The molecule has 5 nitrogen and oxygen atoms in total. The highest BCUT2D eigenvalue weighted by atomic mass is 19.1. The number of carbonyl (C=O) groups is 2. The predicted octanol–water partition coefficient (Wildman–Crippen LogP) is 2.83. The molecule has 0 unspecified atom stereocenters. The summed E-state index contributed by atoms with van der Waals surface area (Å²) in [6, 6.07) is 8.34. The smallest absolute Gasteiger partial charge is 0.302 e. The summed E-state index contributed by atoms with van der Waals surface area (Å²) < 4.78 is 23.9. The number of carbonyl (C=O) groups excluding carboxylic acids is 2. The quantitative estimate of drug-likeness (QED) is 0.678. The monoisotopic (exact) mass is 318 g/mol. The number of ketones is 1. The molecule has 0 aliphatic carbocycles. The van der Waals surface area contributed by atoms with Crippen LogP contribution < -0.4 is 4.74 Å². The minimum atomic E-state index is -0.882. The molecule has 0 aliphatic heterocycles. The van der Waals surface area contributed by atoms with Gasteiger partial charge in [0.05, 0.1) is 12.7 Å². The Bertz CT molecular complexity index is 714. The number of hydrogen-bond acceptors (Lipinski definition) is 5. The topological polar surface area (TPSA) is 72.8 Å². The molecule has 0 bridgehead atoms. The number of rotatable bonds is 5. The molecule has 0 aromatic heterocycles. The predicted molar refractivity (Wildman–Crippen MR) is 80.0 cm³/mol. The van der Waals surface area contributed by atoms with E-state index in [-0.39, 0.29) is 17.7 Å². The van der Waals surface area contributed by atoms with E-state index in [4.69, 9.17) is 9.47 Å². The number of methoxy groups -OCH3 is 1. The van der Waals surface area contributed by atoms with Gasteiger partial charge in [0, 0.05) is 12.5 Å². The highest BCUT2D eigenvalue weighted by Gasteiger charge is 2.20. The van der Waals surface area contributed by atoms with Crippen molar-refractivity contribution in [2.24, 2.45) is 0 Å². The fourth-order valence-electron chi connectivity index (χ4n) is 2.03. The summed E-state index contributed by atoms with van der Waals surface area (Å²) in [6.07, 6.45) is 0. The molecule has 23 heavy (non-hydrogen) atoms. The Kier molecular flexibility index (Phi) is 4.95. The van der Waals surface area contributed by atoms with Gasteiger partial charge in [0.15, 0.2) is 5.78 Å². The maximum absolute atomic E-state index is 14.2. The molecule has 0 aliphatic rings. The molecule has 0 fully saturated rings. The van der Waals surface area contributed by atoms with E-state index >= 15 is 0 Å². The number of benzene rings is 2. The first-order valence-electron chi connectivity index (χ1n) is 6.76. The summed E-state index contributed by atoms with van der Waals surface area (Å²) in [5.41, 5.74) is 0.0379. The summed E-state index contributed by atoms with van der Waals surface area (Å²) in [5.74, 6) is -2.01. The van der Waals surface area contributed by atoms with Crippen molar-refractivity contribution in [3.63, 3.8) is 0 Å². The van der Waals surface area contributed by atoms with Crippen molar-refractivity contribution in [1.82, 2.24) is 0 Å². The Morgan fingerprint density at radius 1 is 1.17 bits per heavy atom. The SMILES string of the molecule is COc1ccc(C(=O)c2c(O)cc(COC(C)=O)cc2F)cc1. The highest BCUT2D eigenvalue weighted by molar-refractivity contribution is 6.10. The van der Waals surface area contributed by atoms with E-state index in [1.807, 2.05) is 0 Å². The summed E-state index contributed by atoms with van der Waals surface area (Å²) in [4.78, 5) is 23.1. The first-order valence-corrected chi connectivity index (χ1v) is 6.76. The summed E-state index contributed by atoms with van der Waals surface area (Å²) >= 11 is 0. The van der Waals surface area contributed by atoms with Crippen molar-refractivity contribution in [2.75, 3.05) is 7.11 Å². The van der Waals surface area contributed by atoms with Crippen molar-refractivity contribution in [1.29, 1.82) is 0 Å². The molecular weight excluding hydrogens is 303 g/mol. The van der Waals surface area contributed by atoms with Crippen LogP contribution in [0.5, 0.6) is 11.5 Å². The Balaban J connectivity index is 2.31. The van der Waals surface area contributed by atoms with Crippen molar-refractivity contribution in [3.05, 3.63) is 58.9 Å². The first kappa shape index (κ1) is 16.5. The fourth-order valence-corrected chi connectivity index (χ4v) is 2.03. The van der Waals surface area contributed by atoms with Crippen molar-refractivity contribution in [3.8, 4) is 11.5 Å². The summed E-state index contributed by atoms with van der Waals surface area (Å²) in [6.45, 7) is 1.04. The summed E-state index contributed by atoms with van der Waals surface area (Å²) in [7, 11) is 1.49. The van der Waals surface area contributed by atoms with Crippen LogP contribution in [0.25, 0.3) is 0 Å². The second-order valence-corrected chi connectivity index (χ2v) is 4.81. The van der Waals surface area contributed by atoms with Gasteiger partial charge < -0.3 is 14.6 Å². The minimum absolute atomic E-state index is 0.184. The average Bonchev–Trinajstić information content (AvgIpc) is 2.52. The van der Waals surface area contributed by atoms with E-state index in [2.05, 4.69) is 0 Å². The van der Waals surface area contributed by atoms with Gasteiger partial charge in [-0.25, -0.2) is 4.39 Å². The lowest BCUT2D eigenvalue weighted by molar-refractivity contribution is -0.142.